The second kappa shape index (κ2) is 5.63. The standard InChI is InChI=1S/C10H18N4O/c1-11-9-5-8(7-15-4)12-10(13-9)6-14(2)3/h5H,6-7H2,1-4H3,(H,11,12,13). The number of nitrogens with zero attached hydrogens (tertiary/aromatic N) is 3. The van der Waals surface area contributed by atoms with Crippen molar-refractivity contribution in [3.05, 3.63) is 17.6 Å². The molecule has 5 nitrogen and oxygen atoms in total. The minimum absolute atomic E-state index is 0.512. The van der Waals surface area contributed by atoms with Crippen LogP contribution in [0.5, 0.6) is 0 Å². The SMILES string of the molecule is CNc1cc(COC)nc(CN(C)C)n1. The average Bonchev–Trinajstić information content (AvgIpc) is 2.16. The molecular weight excluding hydrogens is 192 g/mol. The van der Waals surface area contributed by atoms with E-state index >= 15 is 0 Å². The van der Waals surface area contributed by atoms with E-state index in [1.54, 1.807) is 7.11 Å². The Kier molecular flexibility index (Phi) is 4.45. The molecule has 1 aromatic rings. The van der Waals surface area contributed by atoms with Gasteiger partial charge in [-0.2, -0.15) is 0 Å². The molecule has 5 heteroatoms. The molecule has 0 saturated heterocycles. The monoisotopic (exact) mass is 210 g/mol. The highest BCUT2D eigenvalue weighted by atomic mass is 16.5. The second-order valence-corrected chi connectivity index (χ2v) is 3.58. The molecule has 84 valence electrons. The Bertz CT molecular complexity index is 314. The summed E-state index contributed by atoms with van der Waals surface area (Å²) in [6, 6.07) is 1.89. The molecule has 0 aliphatic carbocycles. The minimum atomic E-state index is 0.512. The van der Waals surface area contributed by atoms with Crippen LogP contribution in [0.4, 0.5) is 5.82 Å². The summed E-state index contributed by atoms with van der Waals surface area (Å²) < 4.78 is 5.06. The van der Waals surface area contributed by atoms with Crippen LogP contribution in [0.15, 0.2) is 6.07 Å². The Hall–Kier alpha value is -1.20. The van der Waals surface area contributed by atoms with Crippen molar-refractivity contribution < 1.29 is 4.74 Å². The Morgan fingerprint density at radius 3 is 2.67 bits per heavy atom. The van der Waals surface area contributed by atoms with Crippen molar-refractivity contribution in [1.29, 1.82) is 0 Å². The van der Waals surface area contributed by atoms with Crippen LogP contribution in [0.25, 0.3) is 0 Å². The van der Waals surface area contributed by atoms with Crippen molar-refractivity contribution in [3.8, 4) is 0 Å². The number of hydrogen-bond donors (Lipinski definition) is 1. The summed E-state index contributed by atoms with van der Waals surface area (Å²) in [6.45, 7) is 1.24. The Morgan fingerprint density at radius 2 is 2.13 bits per heavy atom. The van der Waals surface area contributed by atoms with Gasteiger partial charge in [0, 0.05) is 20.2 Å². The van der Waals surface area contributed by atoms with Crippen LogP contribution in [0.3, 0.4) is 0 Å². The normalized spacial score (nSPS) is 10.7. The molecule has 0 unspecified atom stereocenters. The van der Waals surface area contributed by atoms with Crippen LogP contribution < -0.4 is 5.32 Å². The molecule has 15 heavy (non-hydrogen) atoms. The van der Waals surface area contributed by atoms with Crippen molar-refractivity contribution in [3.63, 3.8) is 0 Å². The van der Waals surface area contributed by atoms with Crippen LogP contribution in [-0.4, -0.2) is 43.1 Å². The maximum absolute atomic E-state index is 5.06. The van der Waals surface area contributed by atoms with E-state index in [0.717, 1.165) is 23.9 Å². The summed E-state index contributed by atoms with van der Waals surface area (Å²) >= 11 is 0. The van der Waals surface area contributed by atoms with Crippen LogP contribution in [0.2, 0.25) is 0 Å². The van der Waals surface area contributed by atoms with Crippen molar-refractivity contribution in [2.75, 3.05) is 33.6 Å². The third kappa shape index (κ3) is 3.81. The number of hydrogen-bond acceptors (Lipinski definition) is 5. The van der Waals surface area contributed by atoms with Crippen molar-refractivity contribution in [2.24, 2.45) is 0 Å². The highest BCUT2D eigenvalue weighted by molar-refractivity contribution is 5.34. The molecule has 0 bridgehead atoms. The summed E-state index contributed by atoms with van der Waals surface area (Å²) in [4.78, 5) is 10.8. The Labute approximate surface area is 90.5 Å². The number of rotatable bonds is 5. The van der Waals surface area contributed by atoms with Crippen molar-refractivity contribution in [2.45, 2.75) is 13.2 Å². The highest BCUT2D eigenvalue weighted by Crippen LogP contribution is 2.08. The molecule has 1 rings (SSSR count). The van der Waals surface area contributed by atoms with E-state index in [9.17, 15) is 0 Å². The quantitative estimate of drug-likeness (QED) is 0.776. The van der Waals surface area contributed by atoms with Crippen LogP contribution in [0, 0.1) is 0 Å². The van der Waals surface area contributed by atoms with Gasteiger partial charge in [-0.05, 0) is 14.1 Å². The lowest BCUT2D eigenvalue weighted by atomic mass is 10.4. The van der Waals surface area contributed by atoms with E-state index < -0.39 is 0 Å². The first-order valence-electron chi connectivity index (χ1n) is 4.84. The van der Waals surface area contributed by atoms with Gasteiger partial charge < -0.3 is 15.0 Å². The number of ether oxygens (including phenoxy) is 1. The molecule has 0 saturated carbocycles. The average molecular weight is 210 g/mol. The summed E-state index contributed by atoms with van der Waals surface area (Å²) in [7, 11) is 7.49. The molecule has 0 amide bonds. The fraction of sp³-hybridized carbons (Fsp3) is 0.600. The number of aromatic nitrogens is 2. The molecule has 1 N–H and O–H groups in total. The molecule has 0 spiro atoms. The van der Waals surface area contributed by atoms with Gasteiger partial charge in [0.2, 0.25) is 0 Å². The zero-order chi connectivity index (χ0) is 11.3. The van der Waals surface area contributed by atoms with Gasteiger partial charge in [-0.3, -0.25) is 0 Å². The predicted octanol–water partition coefficient (Wildman–Crippen LogP) is 0.726. The fourth-order valence-corrected chi connectivity index (χ4v) is 1.26. The first kappa shape index (κ1) is 11.9. The third-order valence-corrected chi connectivity index (χ3v) is 1.83. The van der Waals surface area contributed by atoms with Gasteiger partial charge in [0.05, 0.1) is 18.8 Å². The largest absolute Gasteiger partial charge is 0.378 e. The first-order chi connectivity index (χ1) is 7.15. The van der Waals surface area contributed by atoms with Gasteiger partial charge in [-0.25, -0.2) is 9.97 Å². The van der Waals surface area contributed by atoms with Gasteiger partial charge in [0.25, 0.3) is 0 Å². The van der Waals surface area contributed by atoms with E-state index in [0.29, 0.717) is 6.61 Å². The lowest BCUT2D eigenvalue weighted by molar-refractivity contribution is 0.181. The summed E-state index contributed by atoms with van der Waals surface area (Å²) in [5, 5.41) is 3.01. The molecule has 0 aromatic carbocycles. The number of nitrogens with one attached hydrogen (secondary N) is 1. The molecular formula is C10H18N4O. The van der Waals surface area contributed by atoms with Crippen LogP contribution >= 0.6 is 0 Å². The molecule has 1 heterocycles. The zero-order valence-corrected chi connectivity index (χ0v) is 9.74. The topological polar surface area (TPSA) is 50.3 Å². The van der Waals surface area contributed by atoms with Crippen LogP contribution in [0.1, 0.15) is 11.5 Å². The summed E-state index contributed by atoms with van der Waals surface area (Å²) in [5.74, 6) is 1.63. The minimum Gasteiger partial charge on any atom is -0.378 e. The molecule has 1 aromatic heterocycles. The van der Waals surface area contributed by atoms with Crippen molar-refractivity contribution in [1.82, 2.24) is 14.9 Å². The summed E-state index contributed by atoms with van der Waals surface area (Å²) in [6.07, 6.45) is 0. The zero-order valence-electron chi connectivity index (χ0n) is 9.74. The summed E-state index contributed by atoms with van der Waals surface area (Å²) in [5.41, 5.74) is 0.897. The fourth-order valence-electron chi connectivity index (χ4n) is 1.26. The van der Waals surface area contributed by atoms with Gasteiger partial charge in [-0.1, -0.05) is 0 Å². The Morgan fingerprint density at radius 1 is 1.40 bits per heavy atom. The molecule has 0 atom stereocenters. The van der Waals surface area contributed by atoms with E-state index in [1.165, 1.54) is 0 Å². The van der Waals surface area contributed by atoms with Gasteiger partial charge in [-0.15, -0.1) is 0 Å². The maximum Gasteiger partial charge on any atom is 0.145 e. The second-order valence-electron chi connectivity index (χ2n) is 3.58. The lowest BCUT2D eigenvalue weighted by Gasteiger charge is -2.11. The number of anilines is 1. The highest BCUT2D eigenvalue weighted by Gasteiger charge is 2.04. The first-order valence-corrected chi connectivity index (χ1v) is 4.84. The predicted molar refractivity (Wildman–Crippen MR) is 59.7 cm³/mol. The number of methoxy groups -OCH3 is 1. The van der Waals surface area contributed by atoms with E-state index in [1.807, 2.05) is 32.1 Å². The van der Waals surface area contributed by atoms with E-state index in [-0.39, 0.29) is 0 Å². The third-order valence-electron chi connectivity index (χ3n) is 1.83. The molecule has 0 aliphatic rings. The lowest BCUT2D eigenvalue weighted by Crippen LogP contribution is -2.15. The van der Waals surface area contributed by atoms with Gasteiger partial charge in [0.1, 0.15) is 11.6 Å². The van der Waals surface area contributed by atoms with E-state index in [2.05, 4.69) is 15.3 Å². The van der Waals surface area contributed by atoms with Gasteiger partial charge in [0.15, 0.2) is 0 Å². The molecule has 0 aliphatic heterocycles. The molecule has 0 radical (unpaired) electrons. The molecule has 0 fully saturated rings. The Balaban J connectivity index is 2.89. The smallest absolute Gasteiger partial charge is 0.145 e. The van der Waals surface area contributed by atoms with Crippen molar-refractivity contribution >= 4 is 5.82 Å². The van der Waals surface area contributed by atoms with E-state index in [4.69, 9.17) is 4.74 Å². The van der Waals surface area contributed by atoms with Gasteiger partial charge >= 0.3 is 0 Å². The maximum atomic E-state index is 5.06. The van der Waals surface area contributed by atoms with Crippen LogP contribution in [-0.2, 0) is 17.9 Å².